The molecule has 3 N–H and O–H groups in total. The minimum atomic E-state index is -4.61. The lowest BCUT2D eigenvalue weighted by molar-refractivity contribution is -0.161. The van der Waals surface area contributed by atoms with Crippen LogP contribution in [-0.2, 0) is 32.7 Å². The predicted molar refractivity (Wildman–Crippen MR) is 210 cm³/mol. The normalized spacial score (nSPS) is 14.3. The van der Waals surface area contributed by atoms with Crippen LogP contribution in [0.5, 0.6) is 0 Å². The molecule has 0 radical (unpaired) electrons. The summed E-state index contributed by atoms with van der Waals surface area (Å²) in [7, 11) is -4.61. The predicted octanol–water partition coefficient (Wildman–Crippen LogP) is 10.4. The fourth-order valence-corrected chi connectivity index (χ4v) is 6.11. The van der Waals surface area contributed by atoms with E-state index in [1.807, 2.05) is 0 Å². The van der Waals surface area contributed by atoms with E-state index < -0.39 is 51.8 Å². The molecular weight excluding hydrogens is 683 g/mol. The van der Waals surface area contributed by atoms with E-state index >= 15 is 0 Å². The fraction of sp³-hybridized carbons (Fsp3) is 0.805. The lowest BCUT2D eigenvalue weighted by Gasteiger charge is -2.20. The highest BCUT2D eigenvalue weighted by molar-refractivity contribution is 7.47. The second-order valence-electron chi connectivity index (χ2n) is 13.7. The summed E-state index contributed by atoms with van der Waals surface area (Å²) in [5.41, 5.74) is 0. The number of hydrogen-bond acceptors (Lipinski definition) is 9. The standard InChI is InChI=1S/C41H75O10P/c1-3-5-7-9-11-13-15-16-17-18-19-20-21-22-23-25-27-29-31-33-41(45)51-39(37-50-52(46,47)49-35-38(43)34-42)36-48-40(44)32-30-28-26-24-14-12-10-8-6-4-2/h8,10-11,13,16-17,38-39,42-43H,3-7,9,12,14-15,18-37H2,1-2H3,(H,46,47)/b10-8-,13-11-,17-16-. The van der Waals surface area contributed by atoms with Gasteiger partial charge in [0.1, 0.15) is 12.7 Å². The number of allylic oxidation sites excluding steroid dienone is 6. The van der Waals surface area contributed by atoms with Crippen LogP contribution >= 0.6 is 7.82 Å². The lowest BCUT2D eigenvalue weighted by Crippen LogP contribution is -2.29. The first-order chi connectivity index (χ1) is 25.2. The molecule has 10 nitrogen and oxygen atoms in total. The van der Waals surface area contributed by atoms with Gasteiger partial charge in [0, 0.05) is 12.8 Å². The quantitative estimate of drug-likeness (QED) is 0.0240. The molecule has 0 aromatic rings. The number of unbranched alkanes of at least 4 members (excludes halogenated alkanes) is 18. The van der Waals surface area contributed by atoms with E-state index in [0.29, 0.717) is 12.8 Å². The van der Waals surface area contributed by atoms with Crippen LogP contribution in [0.4, 0.5) is 0 Å². The van der Waals surface area contributed by atoms with Gasteiger partial charge in [0.05, 0.1) is 19.8 Å². The Balaban J connectivity index is 4.28. The number of aliphatic hydroxyl groups excluding tert-OH is 2. The van der Waals surface area contributed by atoms with Crippen molar-refractivity contribution in [3.63, 3.8) is 0 Å². The van der Waals surface area contributed by atoms with Gasteiger partial charge in [-0.3, -0.25) is 18.6 Å². The van der Waals surface area contributed by atoms with E-state index in [1.165, 1.54) is 57.8 Å². The number of rotatable bonds is 38. The summed E-state index contributed by atoms with van der Waals surface area (Å²) >= 11 is 0. The first-order valence-corrected chi connectivity index (χ1v) is 21.9. The van der Waals surface area contributed by atoms with Crippen molar-refractivity contribution in [2.75, 3.05) is 26.4 Å². The van der Waals surface area contributed by atoms with Gasteiger partial charge in [0.2, 0.25) is 0 Å². The summed E-state index contributed by atoms with van der Waals surface area (Å²) in [6, 6.07) is 0. The first kappa shape index (κ1) is 50.2. The van der Waals surface area contributed by atoms with Gasteiger partial charge in [-0.25, -0.2) is 4.57 Å². The number of hydrogen-bond donors (Lipinski definition) is 3. The van der Waals surface area contributed by atoms with Crippen molar-refractivity contribution in [3.05, 3.63) is 36.5 Å². The zero-order chi connectivity index (χ0) is 38.4. The average Bonchev–Trinajstić information content (AvgIpc) is 3.13. The number of ether oxygens (including phenoxy) is 2. The van der Waals surface area contributed by atoms with E-state index in [-0.39, 0.29) is 19.4 Å². The van der Waals surface area contributed by atoms with Crippen LogP contribution in [-0.4, -0.2) is 65.7 Å². The zero-order valence-corrected chi connectivity index (χ0v) is 33.7. The lowest BCUT2D eigenvalue weighted by atomic mass is 10.1. The number of esters is 2. The molecule has 0 aromatic carbocycles. The van der Waals surface area contributed by atoms with Crippen molar-refractivity contribution in [1.82, 2.24) is 0 Å². The van der Waals surface area contributed by atoms with E-state index in [0.717, 1.165) is 77.0 Å². The van der Waals surface area contributed by atoms with Gasteiger partial charge in [0.25, 0.3) is 0 Å². The van der Waals surface area contributed by atoms with Gasteiger partial charge >= 0.3 is 19.8 Å². The molecule has 0 saturated carbocycles. The fourth-order valence-electron chi connectivity index (χ4n) is 5.32. The Morgan fingerprint density at radius 1 is 0.577 bits per heavy atom. The van der Waals surface area contributed by atoms with Crippen LogP contribution in [0.1, 0.15) is 174 Å². The molecule has 0 aromatic heterocycles. The van der Waals surface area contributed by atoms with Gasteiger partial charge in [0.15, 0.2) is 6.10 Å². The van der Waals surface area contributed by atoms with E-state index in [2.05, 4.69) is 54.8 Å². The van der Waals surface area contributed by atoms with Crippen LogP contribution in [0.3, 0.4) is 0 Å². The second-order valence-corrected chi connectivity index (χ2v) is 15.1. The average molecular weight is 759 g/mol. The minimum absolute atomic E-state index is 0.178. The molecule has 0 fully saturated rings. The Labute approximate surface area is 316 Å². The van der Waals surface area contributed by atoms with Crippen LogP contribution in [0.25, 0.3) is 0 Å². The summed E-state index contributed by atoms with van der Waals surface area (Å²) < 4.78 is 32.6. The summed E-state index contributed by atoms with van der Waals surface area (Å²) in [6.45, 7) is 2.27. The number of phosphoric ester groups is 1. The van der Waals surface area contributed by atoms with Gasteiger partial charge in [-0.2, -0.15) is 0 Å². The molecule has 304 valence electrons. The SMILES string of the molecule is CCC/C=C\CCCCCCCC(=O)OCC(COP(=O)(O)OCC(O)CO)OC(=O)CCCCCCCCCCC/C=C\C/C=C\CCCCC. The van der Waals surface area contributed by atoms with Crippen molar-refractivity contribution in [2.45, 2.75) is 187 Å². The molecule has 3 unspecified atom stereocenters. The number of aliphatic hydroxyl groups is 2. The van der Waals surface area contributed by atoms with Crippen LogP contribution < -0.4 is 0 Å². The van der Waals surface area contributed by atoms with Crippen LogP contribution in [0, 0.1) is 0 Å². The Morgan fingerprint density at radius 2 is 1.04 bits per heavy atom. The summed E-state index contributed by atoms with van der Waals surface area (Å²) in [5.74, 6) is -0.943. The zero-order valence-electron chi connectivity index (χ0n) is 32.8. The molecule has 0 aliphatic carbocycles. The van der Waals surface area contributed by atoms with Gasteiger partial charge < -0.3 is 24.6 Å². The highest BCUT2D eigenvalue weighted by atomic mass is 31.2. The maximum atomic E-state index is 12.6. The third kappa shape index (κ3) is 36.5. The Kier molecular flexibility index (Phi) is 36.2. The van der Waals surface area contributed by atoms with Gasteiger partial charge in [-0.1, -0.05) is 134 Å². The summed E-state index contributed by atoms with van der Waals surface area (Å²) in [5, 5.41) is 18.3. The number of phosphoric acid groups is 1. The highest BCUT2D eigenvalue weighted by Gasteiger charge is 2.27. The molecule has 0 spiro atoms. The highest BCUT2D eigenvalue weighted by Crippen LogP contribution is 2.43. The maximum Gasteiger partial charge on any atom is 0.472 e. The van der Waals surface area contributed by atoms with Crippen molar-refractivity contribution in [1.29, 1.82) is 0 Å². The largest absolute Gasteiger partial charge is 0.472 e. The van der Waals surface area contributed by atoms with Crippen molar-refractivity contribution in [2.24, 2.45) is 0 Å². The third-order valence-electron chi connectivity index (χ3n) is 8.50. The van der Waals surface area contributed by atoms with E-state index in [4.69, 9.17) is 19.1 Å². The Hall–Kier alpha value is -1.81. The van der Waals surface area contributed by atoms with Crippen molar-refractivity contribution in [3.8, 4) is 0 Å². The molecule has 0 aliphatic rings. The van der Waals surface area contributed by atoms with E-state index in [9.17, 15) is 24.2 Å². The monoisotopic (exact) mass is 759 g/mol. The Morgan fingerprint density at radius 3 is 1.58 bits per heavy atom. The minimum Gasteiger partial charge on any atom is -0.462 e. The molecule has 0 amide bonds. The maximum absolute atomic E-state index is 12.6. The molecular formula is C41H75O10P. The first-order valence-electron chi connectivity index (χ1n) is 20.4. The molecule has 0 aliphatic heterocycles. The molecule has 0 saturated heterocycles. The third-order valence-corrected chi connectivity index (χ3v) is 9.45. The summed E-state index contributed by atoms with van der Waals surface area (Å²) in [4.78, 5) is 34.8. The molecule has 0 heterocycles. The van der Waals surface area contributed by atoms with Gasteiger partial charge in [-0.15, -0.1) is 0 Å². The van der Waals surface area contributed by atoms with Crippen LogP contribution in [0.15, 0.2) is 36.5 Å². The van der Waals surface area contributed by atoms with Gasteiger partial charge in [-0.05, 0) is 64.2 Å². The molecule has 0 bridgehead atoms. The molecule has 3 atom stereocenters. The van der Waals surface area contributed by atoms with Crippen molar-refractivity contribution < 1.29 is 47.8 Å². The number of carbonyl (C=O) groups excluding carboxylic acids is 2. The molecule has 11 heteroatoms. The number of carbonyl (C=O) groups is 2. The topological polar surface area (TPSA) is 149 Å². The summed E-state index contributed by atoms with van der Waals surface area (Å²) in [6.07, 6.45) is 36.9. The van der Waals surface area contributed by atoms with Crippen LogP contribution in [0.2, 0.25) is 0 Å². The second kappa shape index (κ2) is 37.5. The molecule has 0 rings (SSSR count). The Bertz CT molecular complexity index is 967. The molecule has 52 heavy (non-hydrogen) atoms. The van der Waals surface area contributed by atoms with Crippen molar-refractivity contribution >= 4 is 19.8 Å². The smallest absolute Gasteiger partial charge is 0.462 e. The van der Waals surface area contributed by atoms with E-state index in [1.54, 1.807) is 0 Å².